The van der Waals surface area contributed by atoms with Crippen LogP contribution in [0.1, 0.15) is 29.6 Å². The summed E-state index contributed by atoms with van der Waals surface area (Å²) in [4.78, 5) is 21.7. The van der Waals surface area contributed by atoms with Crippen molar-refractivity contribution in [3.05, 3.63) is 54.4 Å². The van der Waals surface area contributed by atoms with Gasteiger partial charge in [0.2, 0.25) is 0 Å². The summed E-state index contributed by atoms with van der Waals surface area (Å²) in [5.41, 5.74) is 0.587. The number of aromatic nitrogens is 1. The third-order valence-corrected chi connectivity index (χ3v) is 5.95. The second-order valence-corrected chi connectivity index (χ2v) is 7.96. The zero-order valence-electron chi connectivity index (χ0n) is 17.0. The van der Waals surface area contributed by atoms with Crippen molar-refractivity contribution in [1.82, 2.24) is 14.8 Å². The number of hydrogen-bond donors (Lipinski definition) is 0. The van der Waals surface area contributed by atoms with E-state index in [1.807, 2.05) is 48.3 Å². The lowest BCUT2D eigenvalue weighted by Crippen LogP contribution is -2.46. The lowest BCUT2D eigenvalue weighted by Gasteiger charge is -2.37. The summed E-state index contributed by atoms with van der Waals surface area (Å²) in [6.07, 6.45) is 6.52. The number of para-hydroxylation sites is 1. The standard InChI is InChI=1S/C23H29N3O3/c1-25(19-8-12-26(13-9-19)16-18-10-14-28-17-18)23(27)21-6-2-3-7-22(21)29-20-5-4-11-24-15-20/h2-7,11,15,18-19H,8-10,12-14,16-17H2,1H3. The maximum Gasteiger partial charge on any atom is 0.257 e. The average Bonchev–Trinajstić information content (AvgIpc) is 3.27. The second-order valence-electron chi connectivity index (χ2n) is 7.96. The Bertz CT molecular complexity index is 800. The molecule has 6 nitrogen and oxygen atoms in total. The van der Waals surface area contributed by atoms with Crippen molar-refractivity contribution in [1.29, 1.82) is 0 Å². The van der Waals surface area contributed by atoms with E-state index < -0.39 is 0 Å². The van der Waals surface area contributed by atoms with Gasteiger partial charge in [0, 0.05) is 45.5 Å². The van der Waals surface area contributed by atoms with Gasteiger partial charge in [0.05, 0.1) is 18.4 Å². The Labute approximate surface area is 172 Å². The molecule has 1 aromatic heterocycles. The zero-order valence-corrected chi connectivity index (χ0v) is 17.0. The van der Waals surface area contributed by atoms with Crippen molar-refractivity contribution in [2.45, 2.75) is 25.3 Å². The van der Waals surface area contributed by atoms with Crippen molar-refractivity contribution in [2.24, 2.45) is 5.92 Å². The molecule has 0 aliphatic carbocycles. The van der Waals surface area contributed by atoms with E-state index in [-0.39, 0.29) is 11.9 Å². The van der Waals surface area contributed by atoms with Crippen LogP contribution in [0.4, 0.5) is 0 Å². The van der Waals surface area contributed by atoms with Crippen molar-refractivity contribution in [3.63, 3.8) is 0 Å². The fourth-order valence-corrected chi connectivity index (χ4v) is 4.20. The fourth-order valence-electron chi connectivity index (χ4n) is 4.20. The molecule has 2 aliphatic rings. The van der Waals surface area contributed by atoms with Crippen LogP contribution in [0, 0.1) is 5.92 Å². The van der Waals surface area contributed by atoms with E-state index in [1.165, 1.54) is 6.42 Å². The van der Waals surface area contributed by atoms with Crippen LogP contribution in [-0.2, 0) is 4.74 Å². The van der Waals surface area contributed by atoms with Gasteiger partial charge < -0.3 is 19.3 Å². The van der Waals surface area contributed by atoms with Crippen LogP contribution in [0.2, 0.25) is 0 Å². The molecule has 2 aliphatic heterocycles. The average molecular weight is 396 g/mol. The first-order valence-electron chi connectivity index (χ1n) is 10.4. The van der Waals surface area contributed by atoms with Gasteiger partial charge in [-0.25, -0.2) is 0 Å². The van der Waals surface area contributed by atoms with E-state index >= 15 is 0 Å². The molecule has 2 fully saturated rings. The Balaban J connectivity index is 1.37. The van der Waals surface area contributed by atoms with Gasteiger partial charge in [-0.2, -0.15) is 0 Å². The van der Waals surface area contributed by atoms with E-state index in [0.29, 0.717) is 23.0 Å². The van der Waals surface area contributed by atoms with Crippen LogP contribution >= 0.6 is 0 Å². The molecule has 1 atom stereocenters. The molecule has 2 aromatic rings. The third kappa shape index (κ3) is 4.95. The van der Waals surface area contributed by atoms with E-state index in [4.69, 9.17) is 9.47 Å². The van der Waals surface area contributed by atoms with Crippen LogP contribution < -0.4 is 4.74 Å². The number of benzene rings is 1. The maximum absolute atomic E-state index is 13.2. The third-order valence-electron chi connectivity index (χ3n) is 5.95. The number of pyridine rings is 1. The molecule has 154 valence electrons. The second kappa shape index (κ2) is 9.37. The number of likely N-dealkylation sites (tertiary alicyclic amines) is 1. The van der Waals surface area contributed by atoms with Gasteiger partial charge in [0.15, 0.2) is 0 Å². The Kier molecular flexibility index (Phi) is 6.42. The summed E-state index contributed by atoms with van der Waals surface area (Å²) >= 11 is 0. The van der Waals surface area contributed by atoms with Gasteiger partial charge in [-0.05, 0) is 49.4 Å². The van der Waals surface area contributed by atoms with Crippen LogP contribution in [0.5, 0.6) is 11.5 Å². The molecule has 0 radical (unpaired) electrons. The largest absolute Gasteiger partial charge is 0.455 e. The van der Waals surface area contributed by atoms with Crippen LogP contribution in [0.25, 0.3) is 0 Å². The number of hydrogen-bond acceptors (Lipinski definition) is 5. The first-order valence-corrected chi connectivity index (χ1v) is 10.4. The predicted molar refractivity (Wildman–Crippen MR) is 111 cm³/mol. The monoisotopic (exact) mass is 395 g/mol. The highest BCUT2D eigenvalue weighted by molar-refractivity contribution is 5.97. The number of nitrogens with zero attached hydrogens (tertiary/aromatic N) is 3. The molecular weight excluding hydrogens is 366 g/mol. The quantitative estimate of drug-likeness (QED) is 0.750. The summed E-state index contributed by atoms with van der Waals surface area (Å²) in [6.45, 7) is 4.98. The van der Waals surface area contributed by atoms with E-state index in [1.54, 1.807) is 12.4 Å². The van der Waals surface area contributed by atoms with Crippen molar-refractivity contribution < 1.29 is 14.3 Å². The van der Waals surface area contributed by atoms with Gasteiger partial charge in [0.25, 0.3) is 5.91 Å². The minimum absolute atomic E-state index is 0.00660. The normalized spacial score (nSPS) is 20.5. The number of rotatable bonds is 6. The summed E-state index contributed by atoms with van der Waals surface area (Å²) < 4.78 is 11.4. The minimum Gasteiger partial charge on any atom is -0.455 e. The molecule has 0 bridgehead atoms. The highest BCUT2D eigenvalue weighted by atomic mass is 16.5. The summed E-state index contributed by atoms with van der Waals surface area (Å²) in [5.74, 6) is 1.87. The topological polar surface area (TPSA) is 54.9 Å². The van der Waals surface area contributed by atoms with Gasteiger partial charge >= 0.3 is 0 Å². The van der Waals surface area contributed by atoms with Gasteiger partial charge in [-0.1, -0.05) is 12.1 Å². The Morgan fingerprint density at radius 2 is 2.03 bits per heavy atom. The Morgan fingerprint density at radius 3 is 2.76 bits per heavy atom. The fraction of sp³-hybridized carbons (Fsp3) is 0.478. The molecule has 1 aromatic carbocycles. The van der Waals surface area contributed by atoms with E-state index in [0.717, 1.165) is 45.7 Å². The van der Waals surface area contributed by atoms with Gasteiger partial charge in [-0.15, -0.1) is 0 Å². The first-order chi connectivity index (χ1) is 14.2. The highest BCUT2D eigenvalue weighted by Gasteiger charge is 2.29. The zero-order chi connectivity index (χ0) is 20.1. The highest BCUT2D eigenvalue weighted by Crippen LogP contribution is 2.27. The molecule has 0 saturated carbocycles. The molecule has 6 heteroatoms. The number of carbonyl (C=O) groups is 1. The lowest BCUT2D eigenvalue weighted by atomic mass is 10.0. The van der Waals surface area contributed by atoms with E-state index in [2.05, 4.69) is 9.88 Å². The SMILES string of the molecule is CN(C(=O)c1ccccc1Oc1cccnc1)C1CCN(CC2CCOC2)CC1. The number of piperidine rings is 1. The first kappa shape index (κ1) is 19.9. The van der Waals surface area contributed by atoms with Crippen LogP contribution in [0.3, 0.4) is 0 Å². The number of ether oxygens (including phenoxy) is 2. The molecule has 4 rings (SSSR count). The molecule has 0 N–H and O–H groups in total. The van der Waals surface area contributed by atoms with Crippen molar-refractivity contribution in [2.75, 3.05) is 39.9 Å². The molecule has 29 heavy (non-hydrogen) atoms. The smallest absolute Gasteiger partial charge is 0.257 e. The lowest BCUT2D eigenvalue weighted by molar-refractivity contribution is 0.0623. The van der Waals surface area contributed by atoms with E-state index in [9.17, 15) is 4.79 Å². The molecule has 2 saturated heterocycles. The Morgan fingerprint density at radius 1 is 1.21 bits per heavy atom. The van der Waals surface area contributed by atoms with Crippen molar-refractivity contribution >= 4 is 5.91 Å². The summed E-state index contributed by atoms with van der Waals surface area (Å²) in [7, 11) is 1.91. The van der Waals surface area contributed by atoms with Gasteiger partial charge in [0.1, 0.15) is 11.5 Å². The van der Waals surface area contributed by atoms with Crippen molar-refractivity contribution in [3.8, 4) is 11.5 Å². The number of amides is 1. The number of carbonyl (C=O) groups excluding carboxylic acids is 1. The van der Waals surface area contributed by atoms with Gasteiger partial charge in [-0.3, -0.25) is 9.78 Å². The Hall–Kier alpha value is -2.44. The van der Waals surface area contributed by atoms with Crippen LogP contribution in [-0.4, -0.2) is 66.6 Å². The minimum atomic E-state index is 0.00660. The summed E-state index contributed by atoms with van der Waals surface area (Å²) in [5, 5.41) is 0. The predicted octanol–water partition coefficient (Wildman–Crippen LogP) is 3.45. The molecule has 3 heterocycles. The summed E-state index contributed by atoms with van der Waals surface area (Å²) in [6, 6.07) is 11.3. The molecule has 1 amide bonds. The maximum atomic E-state index is 13.2. The molecule has 0 spiro atoms. The molecule has 1 unspecified atom stereocenters. The molecular formula is C23H29N3O3. The van der Waals surface area contributed by atoms with Crippen LogP contribution in [0.15, 0.2) is 48.8 Å².